The number of hydrogen-bond donors (Lipinski definition) is 3. The number of nitrogens with one attached hydrogen (secondary N) is 2. The summed E-state index contributed by atoms with van der Waals surface area (Å²) in [6.45, 7) is 8.45. The topological polar surface area (TPSA) is 56.7 Å². The van der Waals surface area contributed by atoms with Gasteiger partial charge in [0, 0.05) is 31.0 Å². The largest absolute Gasteiger partial charge is 0.396 e. The monoisotopic (exact) mass is 471 g/mol. The molecule has 2 atom stereocenters. The van der Waals surface area contributed by atoms with E-state index in [0.29, 0.717) is 6.04 Å². The van der Waals surface area contributed by atoms with Gasteiger partial charge in [-0.2, -0.15) is 11.8 Å². The van der Waals surface area contributed by atoms with Crippen molar-refractivity contribution in [1.29, 1.82) is 0 Å². The molecule has 3 N–H and O–H groups in total. The van der Waals surface area contributed by atoms with Crippen LogP contribution in [0.25, 0.3) is 0 Å². The number of guanidine groups is 1. The van der Waals surface area contributed by atoms with E-state index in [4.69, 9.17) is 4.99 Å². The van der Waals surface area contributed by atoms with Gasteiger partial charge in [-0.3, -0.25) is 4.99 Å². The highest BCUT2D eigenvalue weighted by Gasteiger charge is 2.26. The molecular formula is C18H38IN3OS. The molecule has 0 radical (unpaired) electrons. The zero-order valence-electron chi connectivity index (χ0n) is 15.9. The standard InChI is InChI=1S/C18H37N3OS.HI/c1-5-18(6-2,11-12-22)14-20-17(19-7-3)21-15-9-8-10-16(13-15)23-4;/h15-16,22H,5-14H2,1-4H3,(H2,19,20,21);1H. The van der Waals surface area contributed by atoms with Crippen LogP contribution in [0, 0.1) is 5.41 Å². The number of aliphatic hydroxyl groups is 1. The van der Waals surface area contributed by atoms with E-state index in [1.807, 2.05) is 11.8 Å². The molecule has 0 spiro atoms. The highest BCUT2D eigenvalue weighted by atomic mass is 127. The van der Waals surface area contributed by atoms with Gasteiger partial charge >= 0.3 is 0 Å². The van der Waals surface area contributed by atoms with Gasteiger partial charge in [-0.15, -0.1) is 24.0 Å². The molecule has 1 aliphatic rings. The molecule has 0 aromatic carbocycles. The third-order valence-electron chi connectivity index (χ3n) is 5.36. The molecule has 24 heavy (non-hydrogen) atoms. The lowest BCUT2D eigenvalue weighted by molar-refractivity contribution is 0.175. The number of nitrogens with zero attached hydrogens (tertiary/aromatic N) is 1. The summed E-state index contributed by atoms with van der Waals surface area (Å²) in [5, 5.41) is 17.2. The maximum absolute atomic E-state index is 9.37. The predicted molar refractivity (Wildman–Crippen MR) is 119 cm³/mol. The van der Waals surface area contributed by atoms with E-state index in [2.05, 4.69) is 37.7 Å². The fourth-order valence-electron chi connectivity index (χ4n) is 3.39. The minimum absolute atomic E-state index is 0. The molecule has 6 heteroatoms. The second-order valence-corrected chi connectivity index (χ2v) is 7.88. The third-order valence-corrected chi connectivity index (χ3v) is 6.45. The minimum Gasteiger partial charge on any atom is -0.396 e. The van der Waals surface area contributed by atoms with Crippen LogP contribution >= 0.6 is 35.7 Å². The summed E-state index contributed by atoms with van der Waals surface area (Å²) >= 11 is 1.99. The number of hydrogen-bond acceptors (Lipinski definition) is 3. The van der Waals surface area contributed by atoms with Gasteiger partial charge in [0.05, 0.1) is 0 Å². The van der Waals surface area contributed by atoms with E-state index in [9.17, 15) is 5.11 Å². The molecule has 0 amide bonds. The third kappa shape index (κ3) is 8.13. The van der Waals surface area contributed by atoms with Crippen LogP contribution in [-0.4, -0.2) is 48.3 Å². The lowest BCUT2D eigenvalue weighted by atomic mass is 9.79. The van der Waals surface area contributed by atoms with Crippen molar-refractivity contribution in [2.75, 3.05) is 26.0 Å². The maximum atomic E-state index is 9.37. The summed E-state index contributed by atoms with van der Waals surface area (Å²) < 4.78 is 0. The Morgan fingerprint density at radius 2 is 1.96 bits per heavy atom. The van der Waals surface area contributed by atoms with Crippen molar-refractivity contribution in [1.82, 2.24) is 10.6 Å². The fraction of sp³-hybridized carbons (Fsp3) is 0.944. The molecule has 0 aromatic rings. The van der Waals surface area contributed by atoms with E-state index in [-0.39, 0.29) is 36.0 Å². The lowest BCUT2D eigenvalue weighted by Gasteiger charge is -2.32. The lowest BCUT2D eigenvalue weighted by Crippen LogP contribution is -2.46. The van der Waals surface area contributed by atoms with Gasteiger partial charge in [0.25, 0.3) is 0 Å². The van der Waals surface area contributed by atoms with Gasteiger partial charge in [0.1, 0.15) is 0 Å². The average Bonchev–Trinajstić information content (AvgIpc) is 2.59. The van der Waals surface area contributed by atoms with Crippen LogP contribution in [0.3, 0.4) is 0 Å². The number of aliphatic imine (C=N–C) groups is 1. The molecule has 2 unspecified atom stereocenters. The summed E-state index contributed by atoms with van der Waals surface area (Å²) in [5.74, 6) is 0.948. The van der Waals surface area contributed by atoms with Crippen molar-refractivity contribution in [2.24, 2.45) is 10.4 Å². The number of aliphatic hydroxyl groups excluding tert-OH is 1. The predicted octanol–water partition coefficient (Wildman–Crippen LogP) is 4.02. The summed E-state index contributed by atoms with van der Waals surface area (Å²) in [7, 11) is 0. The molecule has 0 heterocycles. The Balaban J connectivity index is 0.00000529. The van der Waals surface area contributed by atoms with Crippen LogP contribution in [-0.2, 0) is 0 Å². The molecule has 144 valence electrons. The first-order valence-corrected chi connectivity index (χ1v) is 10.6. The Kier molecular flexibility index (Phi) is 13.7. The van der Waals surface area contributed by atoms with Crippen LogP contribution in [0.2, 0.25) is 0 Å². The molecule has 1 rings (SSSR count). The van der Waals surface area contributed by atoms with Gasteiger partial charge in [0.2, 0.25) is 0 Å². The molecule has 4 nitrogen and oxygen atoms in total. The Morgan fingerprint density at radius 3 is 2.50 bits per heavy atom. The Hall–Kier alpha value is 0.310. The van der Waals surface area contributed by atoms with Gasteiger partial charge in [0.15, 0.2) is 5.96 Å². The second-order valence-electron chi connectivity index (χ2n) is 6.74. The first kappa shape index (κ1) is 24.3. The first-order valence-electron chi connectivity index (χ1n) is 9.31. The highest BCUT2D eigenvalue weighted by molar-refractivity contribution is 14.0. The van der Waals surface area contributed by atoms with Crippen molar-refractivity contribution in [3.05, 3.63) is 0 Å². The van der Waals surface area contributed by atoms with Crippen LogP contribution < -0.4 is 10.6 Å². The normalized spacial score (nSPS) is 22.0. The van der Waals surface area contributed by atoms with Crippen LogP contribution in [0.5, 0.6) is 0 Å². The van der Waals surface area contributed by atoms with Crippen molar-refractivity contribution >= 4 is 41.7 Å². The molecule has 0 bridgehead atoms. The molecule has 0 aromatic heterocycles. The Labute approximate surface area is 170 Å². The zero-order valence-corrected chi connectivity index (χ0v) is 19.1. The number of rotatable bonds is 9. The smallest absolute Gasteiger partial charge is 0.191 e. The second kappa shape index (κ2) is 13.5. The van der Waals surface area contributed by atoms with Crippen molar-refractivity contribution < 1.29 is 5.11 Å². The summed E-state index contributed by atoms with van der Waals surface area (Å²) in [6, 6.07) is 0.537. The van der Waals surface area contributed by atoms with Crippen molar-refractivity contribution in [2.45, 2.75) is 77.0 Å². The highest BCUT2D eigenvalue weighted by Crippen LogP contribution is 2.31. The van der Waals surface area contributed by atoms with E-state index in [1.165, 1.54) is 25.7 Å². The number of halogens is 1. The van der Waals surface area contributed by atoms with Crippen molar-refractivity contribution in [3.8, 4) is 0 Å². The van der Waals surface area contributed by atoms with E-state index >= 15 is 0 Å². The maximum Gasteiger partial charge on any atom is 0.191 e. The molecule has 1 saturated carbocycles. The summed E-state index contributed by atoms with van der Waals surface area (Å²) in [4.78, 5) is 4.87. The van der Waals surface area contributed by atoms with E-state index < -0.39 is 0 Å². The SMILES string of the molecule is CCNC(=NCC(CC)(CC)CCO)NC1CCCC(SC)C1.I. The van der Waals surface area contributed by atoms with E-state index in [1.54, 1.807) is 0 Å². The fourth-order valence-corrected chi connectivity index (χ4v) is 4.22. The van der Waals surface area contributed by atoms with Crippen molar-refractivity contribution in [3.63, 3.8) is 0 Å². The number of thioether (sulfide) groups is 1. The van der Waals surface area contributed by atoms with E-state index in [0.717, 1.165) is 43.6 Å². The average molecular weight is 471 g/mol. The van der Waals surface area contributed by atoms with Gasteiger partial charge in [-0.05, 0) is 57.1 Å². The molecule has 1 fully saturated rings. The van der Waals surface area contributed by atoms with Crippen LogP contribution in [0.4, 0.5) is 0 Å². The van der Waals surface area contributed by atoms with Gasteiger partial charge in [-0.25, -0.2) is 0 Å². The molecular weight excluding hydrogens is 433 g/mol. The van der Waals surface area contributed by atoms with Crippen LogP contribution in [0.1, 0.15) is 65.7 Å². The minimum atomic E-state index is 0. The summed E-state index contributed by atoms with van der Waals surface area (Å²) in [5.41, 5.74) is 0.130. The van der Waals surface area contributed by atoms with Crippen LogP contribution in [0.15, 0.2) is 4.99 Å². The van der Waals surface area contributed by atoms with Gasteiger partial charge in [-0.1, -0.05) is 20.3 Å². The molecule has 0 saturated heterocycles. The molecule has 0 aliphatic heterocycles. The summed E-state index contributed by atoms with van der Waals surface area (Å²) in [6.07, 6.45) is 10.3. The quantitative estimate of drug-likeness (QED) is 0.270. The molecule has 1 aliphatic carbocycles. The Morgan fingerprint density at radius 1 is 1.25 bits per heavy atom. The zero-order chi connectivity index (χ0) is 17.1. The van der Waals surface area contributed by atoms with Gasteiger partial charge < -0.3 is 15.7 Å². The first-order chi connectivity index (χ1) is 11.1. The Bertz CT molecular complexity index is 351.